The lowest BCUT2D eigenvalue weighted by Gasteiger charge is -2.36. The highest BCUT2D eigenvalue weighted by molar-refractivity contribution is 8.00. The number of pyridine rings is 1. The van der Waals surface area contributed by atoms with Crippen molar-refractivity contribution in [2.24, 2.45) is 0 Å². The normalized spacial score (nSPS) is 17.3. The summed E-state index contributed by atoms with van der Waals surface area (Å²) in [5.74, 6) is 0. The Morgan fingerprint density at radius 1 is 1.26 bits per heavy atom. The van der Waals surface area contributed by atoms with Gasteiger partial charge in [0.2, 0.25) is 0 Å². The Morgan fingerprint density at radius 3 is 2.78 bits per heavy atom. The highest BCUT2D eigenvalue weighted by Gasteiger charge is 2.31. The lowest BCUT2D eigenvalue weighted by atomic mass is 9.98. The summed E-state index contributed by atoms with van der Waals surface area (Å²) in [5.41, 5.74) is 3.49. The van der Waals surface area contributed by atoms with E-state index in [-0.39, 0.29) is 4.75 Å². The fourth-order valence-electron chi connectivity index (χ4n) is 3.21. The van der Waals surface area contributed by atoms with Crippen LogP contribution in [0.15, 0.2) is 30.3 Å². The van der Waals surface area contributed by atoms with Gasteiger partial charge in [0.05, 0.1) is 5.52 Å². The molecule has 3 rings (SSSR count). The number of aromatic nitrogens is 1. The van der Waals surface area contributed by atoms with Crippen molar-refractivity contribution < 1.29 is 4.74 Å². The van der Waals surface area contributed by atoms with Crippen molar-refractivity contribution in [3.05, 3.63) is 36.0 Å². The minimum atomic E-state index is 0.285. The molecular formula is C19H26N2OS. The van der Waals surface area contributed by atoms with Gasteiger partial charge in [-0.25, -0.2) is 0 Å². The molecule has 0 radical (unpaired) electrons. The maximum atomic E-state index is 5.55. The molecule has 0 aliphatic carbocycles. The molecule has 0 atom stereocenters. The number of para-hydroxylation sites is 1. The van der Waals surface area contributed by atoms with Crippen molar-refractivity contribution in [2.45, 2.75) is 37.4 Å². The molecule has 1 aromatic heterocycles. The Bertz CT molecular complexity index is 653. The van der Waals surface area contributed by atoms with E-state index in [0.717, 1.165) is 51.0 Å². The molecule has 4 heteroatoms. The van der Waals surface area contributed by atoms with Crippen LogP contribution in [-0.2, 0) is 11.2 Å². The van der Waals surface area contributed by atoms with E-state index in [1.54, 1.807) is 0 Å². The van der Waals surface area contributed by atoms with Crippen molar-refractivity contribution in [3.8, 4) is 0 Å². The van der Waals surface area contributed by atoms with Gasteiger partial charge in [0.25, 0.3) is 0 Å². The number of nitrogens with one attached hydrogen (secondary N) is 1. The molecule has 2 heterocycles. The molecule has 2 aromatic rings. The van der Waals surface area contributed by atoms with E-state index in [1.807, 2.05) is 11.8 Å². The number of thioether (sulfide) groups is 1. The molecule has 0 amide bonds. The summed E-state index contributed by atoms with van der Waals surface area (Å²) in [6.07, 6.45) is 6.61. The summed E-state index contributed by atoms with van der Waals surface area (Å²) in [5, 5.41) is 4.95. The fourth-order valence-corrected chi connectivity index (χ4v) is 4.00. The van der Waals surface area contributed by atoms with Crippen molar-refractivity contribution in [1.29, 1.82) is 0 Å². The maximum absolute atomic E-state index is 5.55. The van der Waals surface area contributed by atoms with Gasteiger partial charge in [0.15, 0.2) is 0 Å². The van der Waals surface area contributed by atoms with Gasteiger partial charge < -0.3 is 10.1 Å². The SMILES string of the molecule is CCCc1cc(NCC2(SC)CCOCC2)c2ccccc2n1. The van der Waals surface area contributed by atoms with Gasteiger partial charge in [-0.05, 0) is 37.7 Å². The molecule has 0 unspecified atom stereocenters. The zero-order valence-electron chi connectivity index (χ0n) is 14.1. The van der Waals surface area contributed by atoms with Crippen LogP contribution in [0, 0.1) is 0 Å². The van der Waals surface area contributed by atoms with Crippen LogP contribution in [-0.4, -0.2) is 35.7 Å². The Morgan fingerprint density at radius 2 is 2.04 bits per heavy atom. The number of anilines is 1. The average Bonchev–Trinajstić information content (AvgIpc) is 2.61. The van der Waals surface area contributed by atoms with Crippen LogP contribution < -0.4 is 5.32 Å². The monoisotopic (exact) mass is 330 g/mol. The molecule has 1 aliphatic heterocycles. The first-order valence-electron chi connectivity index (χ1n) is 8.52. The molecule has 1 N–H and O–H groups in total. The first-order valence-corrected chi connectivity index (χ1v) is 9.74. The van der Waals surface area contributed by atoms with Crippen molar-refractivity contribution in [1.82, 2.24) is 4.98 Å². The van der Waals surface area contributed by atoms with Crippen LogP contribution in [0.2, 0.25) is 0 Å². The van der Waals surface area contributed by atoms with Gasteiger partial charge in [-0.3, -0.25) is 4.98 Å². The van der Waals surface area contributed by atoms with Gasteiger partial charge >= 0.3 is 0 Å². The second-order valence-electron chi connectivity index (χ2n) is 6.28. The van der Waals surface area contributed by atoms with Crippen molar-refractivity contribution in [2.75, 3.05) is 31.3 Å². The molecule has 1 fully saturated rings. The van der Waals surface area contributed by atoms with Gasteiger partial charge in [-0.1, -0.05) is 31.5 Å². The van der Waals surface area contributed by atoms with Gasteiger partial charge in [0.1, 0.15) is 0 Å². The molecule has 1 saturated heterocycles. The third kappa shape index (κ3) is 3.81. The van der Waals surface area contributed by atoms with Crippen LogP contribution in [0.5, 0.6) is 0 Å². The van der Waals surface area contributed by atoms with Gasteiger partial charge in [-0.2, -0.15) is 11.8 Å². The quantitative estimate of drug-likeness (QED) is 0.845. The third-order valence-corrected chi connectivity index (χ3v) is 6.13. The lowest BCUT2D eigenvalue weighted by molar-refractivity contribution is 0.0802. The van der Waals surface area contributed by atoms with Crippen molar-refractivity contribution in [3.63, 3.8) is 0 Å². The molecule has 0 saturated carbocycles. The molecule has 3 nitrogen and oxygen atoms in total. The number of hydrogen-bond acceptors (Lipinski definition) is 4. The van der Waals surface area contributed by atoms with E-state index in [4.69, 9.17) is 9.72 Å². The lowest BCUT2D eigenvalue weighted by Crippen LogP contribution is -2.39. The predicted molar refractivity (Wildman–Crippen MR) is 101 cm³/mol. The van der Waals surface area contributed by atoms with Crippen molar-refractivity contribution >= 4 is 28.4 Å². The van der Waals surface area contributed by atoms with Crippen LogP contribution in [0.1, 0.15) is 31.9 Å². The number of benzene rings is 1. The van der Waals surface area contributed by atoms with E-state index in [9.17, 15) is 0 Å². The molecule has 1 aromatic carbocycles. The topological polar surface area (TPSA) is 34.1 Å². The Kier molecular flexibility index (Phi) is 5.44. The summed E-state index contributed by atoms with van der Waals surface area (Å²) in [6.45, 7) is 4.94. The van der Waals surface area contributed by atoms with Crippen LogP contribution in [0.4, 0.5) is 5.69 Å². The van der Waals surface area contributed by atoms with Crippen LogP contribution in [0.3, 0.4) is 0 Å². The number of fused-ring (bicyclic) bond motifs is 1. The number of nitrogens with zero attached hydrogens (tertiary/aromatic N) is 1. The number of aryl methyl sites for hydroxylation is 1. The van der Waals surface area contributed by atoms with E-state index >= 15 is 0 Å². The molecule has 0 bridgehead atoms. The zero-order valence-corrected chi connectivity index (χ0v) is 14.9. The predicted octanol–water partition coefficient (Wildman–Crippen LogP) is 4.51. The molecule has 124 valence electrons. The highest BCUT2D eigenvalue weighted by atomic mass is 32.2. The summed E-state index contributed by atoms with van der Waals surface area (Å²) in [4.78, 5) is 4.79. The van der Waals surface area contributed by atoms with Gasteiger partial charge in [0, 0.05) is 41.3 Å². The molecule has 23 heavy (non-hydrogen) atoms. The maximum Gasteiger partial charge on any atom is 0.0726 e. The zero-order chi connectivity index (χ0) is 16.1. The average molecular weight is 330 g/mol. The van der Waals surface area contributed by atoms with Gasteiger partial charge in [-0.15, -0.1) is 0 Å². The minimum absolute atomic E-state index is 0.285. The van der Waals surface area contributed by atoms with E-state index in [0.29, 0.717) is 0 Å². The molecular weight excluding hydrogens is 304 g/mol. The first-order chi connectivity index (χ1) is 11.3. The second-order valence-corrected chi connectivity index (χ2v) is 7.56. The van der Waals surface area contributed by atoms with E-state index < -0.39 is 0 Å². The number of hydrogen-bond donors (Lipinski definition) is 1. The van der Waals surface area contributed by atoms with Crippen LogP contribution in [0.25, 0.3) is 10.9 Å². The summed E-state index contributed by atoms with van der Waals surface area (Å²) in [7, 11) is 0. The number of ether oxygens (including phenoxy) is 1. The summed E-state index contributed by atoms with van der Waals surface area (Å²) < 4.78 is 5.83. The third-order valence-electron chi connectivity index (χ3n) is 4.71. The standard InChI is InChI=1S/C19H26N2OS/c1-3-6-15-13-18(16-7-4-5-8-17(16)21-15)20-14-19(23-2)9-11-22-12-10-19/h4-5,7-8,13H,3,6,9-12,14H2,1-2H3,(H,20,21). The van der Waals surface area contributed by atoms with E-state index in [2.05, 4.69) is 48.8 Å². The van der Waals surface area contributed by atoms with Crippen LogP contribution >= 0.6 is 11.8 Å². The summed E-state index contributed by atoms with van der Waals surface area (Å²) >= 11 is 1.97. The minimum Gasteiger partial charge on any atom is -0.383 e. The smallest absolute Gasteiger partial charge is 0.0726 e. The summed E-state index contributed by atoms with van der Waals surface area (Å²) in [6, 6.07) is 10.7. The Labute approximate surface area is 143 Å². The molecule has 0 spiro atoms. The number of rotatable bonds is 6. The van der Waals surface area contributed by atoms with E-state index in [1.165, 1.54) is 16.8 Å². The Hall–Kier alpha value is -1.26. The Balaban J connectivity index is 1.86. The molecule has 1 aliphatic rings. The largest absolute Gasteiger partial charge is 0.383 e. The second kappa shape index (κ2) is 7.54. The highest BCUT2D eigenvalue weighted by Crippen LogP contribution is 2.35. The fraction of sp³-hybridized carbons (Fsp3) is 0.526. The first kappa shape index (κ1) is 16.6.